The van der Waals surface area contributed by atoms with Gasteiger partial charge in [-0.3, -0.25) is 0 Å². The zero-order valence-electron chi connectivity index (χ0n) is 16.0. The molecular weight excluding hydrogens is 380 g/mol. The van der Waals surface area contributed by atoms with Crippen molar-refractivity contribution in [1.82, 2.24) is 0 Å². The van der Waals surface area contributed by atoms with Gasteiger partial charge in [0, 0.05) is 12.3 Å². The summed E-state index contributed by atoms with van der Waals surface area (Å²) < 4.78 is 39.9. The van der Waals surface area contributed by atoms with E-state index in [4.69, 9.17) is 14.2 Å². The highest BCUT2D eigenvalue weighted by atomic mass is 32.2. The predicted molar refractivity (Wildman–Crippen MR) is 105 cm³/mol. The van der Waals surface area contributed by atoms with Crippen LogP contribution in [0.15, 0.2) is 47.4 Å². The van der Waals surface area contributed by atoms with E-state index in [9.17, 15) is 13.2 Å². The molecule has 0 bridgehead atoms. The van der Waals surface area contributed by atoms with Gasteiger partial charge in [0.15, 0.2) is 9.84 Å². The summed E-state index contributed by atoms with van der Waals surface area (Å²) in [6, 6.07) is 11.1. The van der Waals surface area contributed by atoms with Crippen LogP contribution in [0.2, 0.25) is 0 Å². The molecular formula is C21H24O6S. The molecule has 0 atom stereocenters. The molecule has 0 radical (unpaired) electrons. The van der Waals surface area contributed by atoms with E-state index in [1.807, 2.05) is 0 Å². The maximum Gasteiger partial charge on any atom is 0.338 e. The third kappa shape index (κ3) is 5.25. The van der Waals surface area contributed by atoms with Crippen LogP contribution in [0.1, 0.15) is 42.5 Å². The summed E-state index contributed by atoms with van der Waals surface area (Å²) in [6.07, 6.45) is 6.76. The molecule has 28 heavy (non-hydrogen) atoms. The largest absolute Gasteiger partial charge is 0.490 e. The van der Waals surface area contributed by atoms with Gasteiger partial charge in [-0.1, -0.05) is 6.42 Å². The highest BCUT2D eigenvalue weighted by molar-refractivity contribution is 7.90. The van der Waals surface area contributed by atoms with Crippen LogP contribution in [0, 0.1) is 0 Å². The molecule has 3 rings (SSSR count). The van der Waals surface area contributed by atoms with Crippen LogP contribution in [0.5, 0.6) is 17.2 Å². The number of carbonyl (C=O) groups is 1. The van der Waals surface area contributed by atoms with Gasteiger partial charge >= 0.3 is 5.97 Å². The molecule has 1 fully saturated rings. The zero-order valence-corrected chi connectivity index (χ0v) is 16.8. The van der Waals surface area contributed by atoms with Crippen molar-refractivity contribution in [3.63, 3.8) is 0 Å². The van der Waals surface area contributed by atoms with E-state index in [2.05, 4.69) is 0 Å². The number of methoxy groups -OCH3 is 1. The maximum atomic E-state index is 12.0. The summed E-state index contributed by atoms with van der Waals surface area (Å²) in [5.74, 6) is 0.947. The fraction of sp³-hybridized carbons (Fsp3) is 0.381. The van der Waals surface area contributed by atoms with E-state index in [-0.39, 0.29) is 11.0 Å². The standard InChI is InChI=1S/C21H24O6S/c1-25-21(22)15-12-18(26-16-6-4-3-5-7-16)14-19(13-15)27-17-8-10-20(11-9-17)28(2,23)24/h8-14,16H,3-7H2,1-2H3. The van der Waals surface area contributed by atoms with Crippen LogP contribution in [-0.4, -0.2) is 33.9 Å². The van der Waals surface area contributed by atoms with Gasteiger partial charge in [-0.15, -0.1) is 0 Å². The molecule has 1 saturated carbocycles. The maximum absolute atomic E-state index is 12.0. The number of benzene rings is 2. The minimum atomic E-state index is -3.27. The first-order valence-corrected chi connectivity index (χ1v) is 11.1. The molecule has 0 aliphatic heterocycles. The Labute approximate surface area is 165 Å². The van der Waals surface area contributed by atoms with Crippen LogP contribution >= 0.6 is 0 Å². The summed E-state index contributed by atoms with van der Waals surface area (Å²) in [4.78, 5) is 12.2. The Morgan fingerprint density at radius 2 is 1.57 bits per heavy atom. The zero-order chi connectivity index (χ0) is 20.1. The number of carbonyl (C=O) groups excluding carboxylic acids is 1. The van der Waals surface area contributed by atoms with Crippen molar-refractivity contribution in [1.29, 1.82) is 0 Å². The van der Waals surface area contributed by atoms with E-state index in [0.29, 0.717) is 22.8 Å². The molecule has 0 spiro atoms. The third-order valence-electron chi connectivity index (χ3n) is 4.64. The van der Waals surface area contributed by atoms with Crippen molar-refractivity contribution in [3.8, 4) is 17.2 Å². The fourth-order valence-corrected chi connectivity index (χ4v) is 3.83. The minimum Gasteiger partial charge on any atom is -0.490 e. The number of hydrogen-bond donors (Lipinski definition) is 0. The normalized spacial score (nSPS) is 15.1. The molecule has 0 amide bonds. The van der Waals surface area contributed by atoms with E-state index >= 15 is 0 Å². The van der Waals surface area contributed by atoms with Gasteiger partial charge in [0.1, 0.15) is 17.2 Å². The van der Waals surface area contributed by atoms with E-state index in [1.54, 1.807) is 30.3 Å². The lowest BCUT2D eigenvalue weighted by atomic mass is 9.98. The molecule has 2 aromatic rings. The molecule has 0 saturated heterocycles. The van der Waals surface area contributed by atoms with Crippen molar-refractivity contribution in [2.75, 3.05) is 13.4 Å². The van der Waals surface area contributed by atoms with Crippen LogP contribution < -0.4 is 9.47 Å². The van der Waals surface area contributed by atoms with Gasteiger partial charge in [0.2, 0.25) is 0 Å². The lowest BCUT2D eigenvalue weighted by molar-refractivity contribution is 0.0599. The molecule has 0 unspecified atom stereocenters. The monoisotopic (exact) mass is 404 g/mol. The first-order valence-electron chi connectivity index (χ1n) is 9.23. The SMILES string of the molecule is COC(=O)c1cc(Oc2ccc(S(C)(=O)=O)cc2)cc(OC2CCCCC2)c1. The van der Waals surface area contributed by atoms with Gasteiger partial charge in [-0.2, -0.15) is 0 Å². The second-order valence-corrected chi connectivity index (χ2v) is 8.92. The van der Waals surface area contributed by atoms with Gasteiger partial charge in [-0.05, 0) is 62.1 Å². The van der Waals surface area contributed by atoms with Gasteiger partial charge < -0.3 is 14.2 Å². The second kappa shape index (κ2) is 8.65. The van der Waals surface area contributed by atoms with Crippen molar-refractivity contribution in [2.24, 2.45) is 0 Å². The minimum absolute atomic E-state index is 0.128. The number of esters is 1. The van der Waals surface area contributed by atoms with E-state index in [0.717, 1.165) is 31.9 Å². The highest BCUT2D eigenvalue weighted by Gasteiger charge is 2.17. The Kier molecular flexibility index (Phi) is 6.24. The Morgan fingerprint density at radius 1 is 0.929 bits per heavy atom. The summed E-state index contributed by atoms with van der Waals surface area (Å²) in [7, 11) is -1.95. The molecule has 0 heterocycles. The van der Waals surface area contributed by atoms with Crippen molar-refractivity contribution < 1.29 is 27.4 Å². The van der Waals surface area contributed by atoms with Gasteiger partial charge in [0.25, 0.3) is 0 Å². The topological polar surface area (TPSA) is 78.9 Å². The van der Waals surface area contributed by atoms with Crippen LogP contribution in [-0.2, 0) is 14.6 Å². The Balaban J connectivity index is 1.84. The van der Waals surface area contributed by atoms with Crippen LogP contribution in [0.4, 0.5) is 0 Å². The third-order valence-corrected chi connectivity index (χ3v) is 5.77. The highest BCUT2D eigenvalue weighted by Crippen LogP contribution is 2.31. The number of hydrogen-bond acceptors (Lipinski definition) is 6. The average Bonchev–Trinajstić information content (AvgIpc) is 2.67. The Hall–Kier alpha value is -2.54. The number of sulfone groups is 1. The smallest absolute Gasteiger partial charge is 0.338 e. The molecule has 7 heteroatoms. The molecule has 1 aliphatic carbocycles. The number of ether oxygens (including phenoxy) is 3. The lowest BCUT2D eigenvalue weighted by Gasteiger charge is -2.23. The molecule has 150 valence electrons. The average molecular weight is 404 g/mol. The van der Waals surface area contributed by atoms with Crippen molar-refractivity contribution >= 4 is 15.8 Å². The quantitative estimate of drug-likeness (QED) is 0.665. The van der Waals surface area contributed by atoms with Crippen LogP contribution in [0.3, 0.4) is 0 Å². The summed E-state index contributed by atoms with van der Waals surface area (Å²) in [6.45, 7) is 0. The van der Waals surface area contributed by atoms with Crippen molar-refractivity contribution in [3.05, 3.63) is 48.0 Å². The molecule has 1 aliphatic rings. The van der Waals surface area contributed by atoms with Crippen LogP contribution in [0.25, 0.3) is 0 Å². The first-order chi connectivity index (χ1) is 13.3. The number of rotatable bonds is 6. The summed E-state index contributed by atoms with van der Waals surface area (Å²) >= 11 is 0. The Morgan fingerprint density at radius 3 is 2.18 bits per heavy atom. The van der Waals surface area contributed by atoms with Crippen molar-refractivity contribution in [2.45, 2.75) is 43.1 Å². The molecule has 2 aromatic carbocycles. The second-order valence-electron chi connectivity index (χ2n) is 6.91. The Bertz CT molecular complexity index is 928. The summed E-state index contributed by atoms with van der Waals surface area (Å²) in [5, 5.41) is 0. The lowest BCUT2D eigenvalue weighted by Crippen LogP contribution is -2.19. The van der Waals surface area contributed by atoms with Gasteiger partial charge in [-0.25, -0.2) is 13.2 Å². The van der Waals surface area contributed by atoms with Gasteiger partial charge in [0.05, 0.1) is 23.7 Å². The molecule has 0 aromatic heterocycles. The first kappa shape index (κ1) is 20.2. The predicted octanol–water partition coefficient (Wildman–Crippen LogP) is 4.38. The van der Waals surface area contributed by atoms with E-state index < -0.39 is 15.8 Å². The fourth-order valence-electron chi connectivity index (χ4n) is 3.20. The molecule has 0 N–H and O–H groups in total. The summed E-state index contributed by atoms with van der Waals surface area (Å²) in [5.41, 5.74) is 0.332. The van der Waals surface area contributed by atoms with E-state index in [1.165, 1.54) is 25.7 Å². The molecule has 6 nitrogen and oxygen atoms in total.